The first-order valence-electron chi connectivity index (χ1n) is 4.13. The summed E-state index contributed by atoms with van der Waals surface area (Å²) in [6, 6.07) is 2.20. The molecule has 0 fully saturated rings. The SMILES string of the molecule is FC(c1cccc([B-](F)(F)F)c1)C(F)(F)F. The Bertz CT molecular complexity index is 367. The molecule has 0 aliphatic carbocycles. The van der Waals surface area contributed by atoms with E-state index in [1.807, 2.05) is 0 Å². The quantitative estimate of drug-likeness (QED) is 0.553. The van der Waals surface area contributed by atoms with Gasteiger partial charge in [-0.2, -0.15) is 13.2 Å². The van der Waals surface area contributed by atoms with Crippen LogP contribution in [0.3, 0.4) is 0 Å². The number of rotatable bonds is 2. The van der Waals surface area contributed by atoms with Gasteiger partial charge in [-0.05, 0) is 5.56 Å². The summed E-state index contributed by atoms with van der Waals surface area (Å²) in [7, 11) is 0. The Labute approximate surface area is 86.1 Å². The summed E-state index contributed by atoms with van der Waals surface area (Å²) < 4.78 is 85.0. The lowest BCUT2D eigenvalue weighted by atomic mass is 9.79. The molecular weight excluding hydrogens is 240 g/mol. The van der Waals surface area contributed by atoms with Crippen molar-refractivity contribution >= 4 is 12.4 Å². The summed E-state index contributed by atoms with van der Waals surface area (Å²) in [4.78, 5) is 0. The molecule has 90 valence electrons. The topological polar surface area (TPSA) is 0 Å². The Morgan fingerprint density at radius 1 is 1.06 bits per heavy atom. The summed E-state index contributed by atoms with van der Waals surface area (Å²) in [5.74, 6) is 0. The van der Waals surface area contributed by atoms with Gasteiger partial charge in [-0.3, -0.25) is 0 Å². The fourth-order valence-corrected chi connectivity index (χ4v) is 1.11. The lowest BCUT2D eigenvalue weighted by molar-refractivity contribution is -0.182. The van der Waals surface area contributed by atoms with E-state index < -0.39 is 30.4 Å². The van der Waals surface area contributed by atoms with Crippen LogP contribution in [0.15, 0.2) is 24.3 Å². The zero-order valence-corrected chi connectivity index (χ0v) is 7.61. The van der Waals surface area contributed by atoms with Gasteiger partial charge in [0.15, 0.2) is 0 Å². The molecule has 0 spiro atoms. The van der Waals surface area contributed by atoms with Gasteiger partial charge in [0.1, 0.15) is 0 Å². The van der Waals surface area contributed by atoms with E-state index in [1.165, 1.54) is 0 Å². The second kappa shape index (κ2) is 3.99. The summed E-state index contributed by atoms with van der Waals surface area (Å²) in [6.45, 7) is -5.43. The molecule has 1 unspecified atom stereocenters. The average Bonchev–Trinajstić information content (AvgIpc) is 2.14. The normalized spacial score (nSPS) is 14.9. The van der Waals surface area contributed by atoms with Gasteiger partial charge in [-0.1, -0.05) is 24.3 Å². The van der Waals surface area contributed by atoms with Crippen LogP contribution in [0, 0.1) is 0 Å². The van der Waals surface area contributed by atoms with Crippen LogP contribution in [-0.4, -0.2) is 13.2 Å². The fraction of sp³-hybridized carbons (Fsp3) is 0.250. The van der Waals surface area contributed by atoms with Gasteiger partial charge in [0, 0.05) is 0 Å². The Morgan fingerprint density at radius 2 is 1.62 bits per heavy atom. The molecule has 1 aromatic carbocycles. The van der Waals surface area contributed by atoms with Crippen LogP contribution in [-0.2, 0) is 0 Å². The Hall–Kier alpha value is -1.21. The molecule has 0 aliphatic heterocycles. The highest BCUT2D eigenvalue weighted by Gasteiger charge is 2.41. The van der Waals surface area contributed by atoms with Crippen LogP contribution >= 0.6 is 0 Å². The maximum atomic E-state index is 12.7. The van der Waals surface area contributed by atoms with Gasteiger partial charge < -0.3 is 12.9 Å². The van der Waals surface area contributed by atoms with E-state index in [0.29, 0.717) is 12.1 Å². The van der Waals surface area contributed by atoms with Gasteiger partial charge in [0.05, 0.1) is 0 Å². The van der Waals surface area contributed by atoms with E-state index in [2.05, 4.69) is 0 Å². The molecule has 0 saturated carbocycles. The molecule has 0 amide bonds. The minimum atomic E-state index is -5.43. The van der Waals surface area contributed by atoms with E-state index in [0.717, 1.165) is 6.07 Å². The Kier molecular flexibility index (Phi) is 3.21. The second-order valence-electron chi connectivity index (χ2n) is 3.15. The van der Waals surface area contributed by atoms with E-state index in [1.54, 1.807) is 0 Å². The highest BCUT2D eigenvalue weighted by molar-refractivity contribution is 6.73. The second-order valence-corrected chi connectivity index (χ2v) is 3.15. The third-order valence-electron chi connectivity index (χ3n) is 1.87. The van der Waals surface area contributed by atoms with Crippen molar-refractivity contribution in [1.82, 2.24) is 0 Å². The first-order valence-corrected chi connectivity index (χ1v) is 4.13. The Morgan fingerprint density at radius 3 is 2.06 bits per heavy atom. The summed E-state index contributed by atoms with van der Waals surface area (Å²) in [6.07, 6.45) is -8.59. The van der Waals surface area contributed by atoms with Crippen molar-refractivity contribution in [2.45, 2.75) is 12.3 Å². The van der Waals surface area contributed by atoms with Gasteiger partial charge >= 0.3 is 13.2 Å². The minimum Gasteiger partial charge on any atom is -0.445 e. The highest BCUT2D eigenvalue weighted by atomic mass is 19.4. The van der Waals surface area contributed by atoms with Gasteiger partial charge in [0.25, 0.3) is 0 Å². The fourth-order valence-electron chi connectivity index (χ4n) is 1.11. The first-order chi connectivity index (χ1) is 7.12. The molecule has 0 radical (unpaired) electrons. The van der Waals surface area contributed by atoms with Crippen LogP contribution in [0.25, 0.3) is 0 Å². The third kappa shape index (κ3) is 2.90. The monoisotopic (exact) mass is 245 g/mol. The lowest BCUT2D eigenvalue weighted by Gasteiger charge is -2.18. The van der Waals surface area contributed by atoms with Crippen molar-refractivity contribution in [2.24, 2.45) is 0 Å². The maximum Gasteiger partial charge on any atom is 0.509 e. The van der Waals surface area contributed by atoms with Crippen molar-refractivity contribution in [3.8, 4) is 0 Å². The number of hydrogen-bond acceptors (Lipinski definition) is 0. The molecule has 0 saturated heterocycles. The van der Waals surface area contributed by atoms with Crippen LogP contribution in [0.2, 0.25) is 0 Å². The smallest absolute Gasteiger partial charge is 0.445 e. The molecule has 0 aliphatic rings. The van der Waals surface area contributed by atoms with E-state index in [9.17, 15) is 30.5 Å². The lowest BCUT2D eigenvalue weighted by Crippen LogP contribution is -2.34. The van der Waals surface area contributed by atoms with E-state index in [-0.39, 0.29) is 6.07 Å². The van der Waals surface area contributed by atoms with Gasteiger partial charge in [0.2, 0.25) is 6.17 Å². The van der Waals surface area contributed by atoms with Crippen LogP contribution < -0.4 is 5.46 Å². The maximum absolute atomic E-state index is 12.7. The predicted octanol–water partition coefficient (Wildman–Crippen LogP) is 3.31. The first kappa shape index (κ1) is 12.9. The minimum absolute atomic E-state index is 0.179. The molecule has 1 atom stereocenters. The molecule has 1 rings (SSSR count). The van der Waals surface area contributed by atoms with E-state index in [4.69, 9.17) is 0 Å². The molecule has 1 aromatic rings. The summed E-state index contributed by atoms with van der Waals surface area (Å²) in [5.41, 5.74) is -2.28. The molecule has 0 N–H and O–H groups in total. The zero-order valence-electron chi connectivity index (χ0n) is 7.61. The molecule has 0 aromatic heterocycles. The standard InChI is InChI=1S/C8H5BF7/c10-7(8(11,12)13)5-2-1-3-6(4-5)9(14,15)16/h1-4,7H/q-1. The summed E-state index contributed by atoms with van der Waals surface area (Å²) in [5, 5.41) is 0. The summed E-state index contributed by atoms with van der Waals surface area (Å²) >= 11 is 0. The van der Waals surface area contributed by atoms with Crippen molar-refractivity contribution in [3.63, 3.8) is 0 Å². The largest absolute Gasteiger partial charge is 0.509 e. The molecular formula is C8H5BF7-. The van der Waals surface area contributed by atoms with Gasteiger partial charge in [-0.25, -0.2) is 4.39 Å². The van der Waals surface area contributed by atoms with Crippen LogP contribution in [0.1, 0.15) is 11.7 Å². The highest BCUT2D eigenvalue weighted by Crippen LogP contribution is 2.35. The number of halogens is 7. The van der Waals surface area contributed by atoms with Crippen molar-refractivity contribution < 1.29 is 30.5 Å². The Balaban J connectivity index is 3.09. The predicted molar refractivity (Wildman–Crippen MR) is 45.1 cm³/mol. The average molecular weight is 245 g/mol. The molecule has 8 heteroatoms. The van der Waals surface area contributed by atoms with Crippen molar-refractivity contribution in [1.29, 1.82) is 0 Å². The van der Waals surface area contributed by atoms with Crippen LogP contribution in [0.4, 0.5) is 30.5 Å². The molecule has 0 nitrogen and oxygen atoms in total. The third-order valence-corrected chi connectivity index (χ3v) is 1.87. The zero-order chi connectivity index (χ0) is 12.6. The number of hydrogen-bond donors (Lipinski definition) is 0. The van der Waals surface area contributed by atoms with E-state index >= 15 is 0 Å². The number of alkyl halides is 4. The van der Waals surface area contributed by atoms with Crippen molar-refractivity contribution in [3.05, 3.63) is 29.8 Å². The van der Waals surface area contributed by atoms with Gasteiger partial charge in [-0.15, -0.1) is 5.46 Å². The van der Waals surface area contributed by atoms with Crippen LogP contribution in [0.5, 0.6) is 0 Å². The van der Waals surface area contributed by atoms with Crippen molar-refractivity contribution in [2.75, 3.05) is 0 Å². The molecule has 0 bridgehead atoms. The molecule has 16 heavy (non-hydrogen) atoms. The molecule has 0 heterocycles. The number of benzene rings is 1.